The smallest absolute Gasteiger partial charge is 0.161 e. The Morgan fingerprint density at radius 2 is 1.24 bits per heavy atom. The summed E-state index contributed by atoms with van der Waals surface area (Å²) in [6.45, 7) is 2.00. The highest BCUT2D eigenvalue weighted by Crippen LogP contribution is 2.32. The van der Waals surface area contributed by atoms with Gasteiger partial charge < -0.3 is 30.4 Å². The van der Waals surface area contributed by atoms with Gasteiger partial charge in [0.15, 0.2) is 11.5 Å². The molecule has 6 nitrogen and oxygen atoms in total. The minimum absolute atomic E-state index is 0.0758. The molecule has 162 valence electrons. The van der Waals surface area contributed by atoms with Gasteiger partial charge in [0.05, 0.1) is 28.4 Å². The summed E-state index contributed by atoms with van der Waals surface area (Å²) in [5, 5.41) is 0. The van der Waals surface area contributed by atoms with Gasteiger partial charge in [-0.3, -0.25) is 0 Å². The van der Waals surface area contributed by atoms with Crippen LogP contribution in [0.5, 0.6) is 23.0 Å². The van der Waals surface area contributed by atoms with Gasteiger partial charge in [0.1, 0.15) is 11.5 Å². The van der Waals surface area contributed by atoms with Crippen LogP contribution in [0.1, 0.15) is 28.8 Å². The highest BCUT2D eigenvalue weighted by molar-refractivity contribution is 7.80. The molecule has 2 atom stereocenters. The van der Waals surface area contributed by atoms with Gasteiger partial charge in [-0.1, -0.05) is 6.07 Å². The van der Waals surface area contributed by atoms with E-state index >= 15 is 0 Å². The molecule has 0 aliphatic rings. The highest BCUT2D eigenvalue weighted by Gasteiger charge is 2.13. The van der Waals surface area contributed by atoms with E-state index in [-0.39, 0.29) is 12.1 Å². The first-order valence-electron chi connectivity index (χ1n) is 9.04. The Bertz CT molecular complexity index is 775. The lowest BCUT2D eigenvalue weighted by Crippen LogP contribution is -2.13. The first kappa shape index (κ1) is 25.3. The third-order valence-corrected chi connectivity index (χ3v) is 5.19. The van der Waals surface area contributed by atoms with Gasteiger partial charge in [0, 0.05) is 35.2 Å². The van der Waals surface area contributed by atoms with Crippen molar-refractivity contribution in [1.29, 1.82) is 0 Å². The number of aryl methyl sites for hydroxylation is 1. The molecule has 2 unspecified atom stereocenters. The monoisotopic (exact) mass is 440 g/mol. The Kier molecular flexibility index (Phi) is 11.1. The van der Waals surface area contributed by atoms with E-state index in [1.165, 1.54) is 0 Å². The maximum Gasteiger partial charge on any atom is 0.161 e. The number of methoxy groups -OCH3 is 4. The molecule has 0 saturated carbocycles. The Morgan fingerprint density at radius 1 is 0.724 bits per heavy atom. The molecule has 2 aromatic carbocycles. The normalized spacial score (nSPS) is 12.3. The van der Waals surface area contributed by atoms with E-state index in [9.17, 15) is 0 Å². The van der Waals surface area contributed by atoms with Crippen molar-refractivity contribution in [2.75, 3.05) is 39.9 Å². The summed E-state index contributed by atoms with van der Waals surface area (Å²) in [6.07, 6.45) is 0. The van der Waals surface area contributed by atoms with E-state index in [4.69, 9.17) is 30.4 Å². The minimum atomic E-state index is -0.112. The molecule has 0 heterocycles. The molecule has 0 saturated heterocycles. The van der Waals surface area contributed by atoms with Crippen LogP contribution in [0.2, 0.25) is 0 Å². The molecule has 8 heteroatoms. The third-order valence-electron chi connectivity index (χ3n) is 4.41. The average molecular weight is 441 g/mol. The summed E-state index contributed by atoms with van der Waals surface area (Å²) in [4.78, 5) is 0. The van der Waals surface area contributed by atoms with E-state index in [1.807, 2.05) is 37.3 Å². The Labute approximate surface area is 184 Å². The standard InChI is InChI=1S/C11H17NO2S.C10H15NO2S/c1-7-4-10(13-2)11(14-3)5-8(7)9(12)6-15;1-12-7-3-4-8(9(11)6-14)10(5-7)13-2/h4-5,9,15H,6,12H2,1-3H3;3-5,9,14H,6,11H2,1-2H3. The van der Waals surface area contributed by atoms with Gasteiger partial charge in [0.25, 0.3) is 0 Å². The van der Waals surface area contributed by atoms with Crippen LogP contribution in [-0.2, 0) is 0 Å². The van der Waals surface area contributed by atoms with Crippen molar-refractivity contribution in [3.05, 3.63) is 47.0 Å². The SMILES string of the molecule is COc1cc(C)c(C(N)CS)cc1OC.COc1ccc(C(N)CS)c(OC)c1. The number of hydrogen-bond donors (Lipinski definition) is 4. The molecule has 2 aromatic rings. The predicted octanol–water partition coefficient (Wildman–Crippen LogP) is 3.58. The summed E-state index contributed by atoms with van der Waals surface area (Å²) in [7, 11) is 6.47. The van der Waals surface area contributed by atoms with Gasteiger partial charge in [-0.05, 0) is 36.2 Å². The number of rotatable bonds is 8. The van der Waals surface area contributed by atoms with Crippen LogP contribution in [0.15, 0.2) is 30.3 Å². The predicted molar refractivity (Wildman–Crippen MR) is 125 cm³/mol. The van der Waals surface area contributed by atoms with E-state index in [1.54, 1.807) is 28.4 Å². The fourth-order valence-electron chi connectivity index (χ4n) is 2.72. The molecular weight excluding hydrogens is 408 g/mol. The van der Waals surface area contributed by atoms with Crippen molar-refractivity contribution in [2.45, 2.75) is 19.0 Å². The number of thiol groups is 2. The lowest BCUT2D eigenvalue weighted by Gasteiger charge is -2.16. The minimum Gasteiger partial charge on any atom is -0.497 e. The fourth-order valence-corrected chi connectivity index (χ4v) is 3.11. The van der Waals surface area contributed by atoms with Crippen molar-refractivity contribution < 1.29 is 18.9 Å². The number of benzene rings is 2. The molecule has 29 heavy (non-hydrogen) atoms. The zero-order valence-corrected chi connectivity index (χ0v) is 19.4. The van der Waals surface area contributed by atoms with Crippen LogP contribution in [0.25, 0.3) is 0 Å². The van der Waals surface area contributed by atoms with Crippen LogP contribution >= 0.6 is 25.3 Å². The Balaban J connectivity index is 0.000000291. The quantitative estimate of drug-likeness (QED) is 0.469. The lowest BCUT2D eigenvalue weighted by molar-refractivity contribution is 0.354. The second kappa shape index (κ2) is 12.7. The van der Waals surface area contributed by atoms with Gasteiger partial charge in [-0.25, -0.2) is 0 Å². The van der Waals surface area contributed by atoms with Crippen LogP contribution in [0.3, 0.4) is 0 Å². The van der Waals surface area contributed by atoms with Crippen molar-refractivity contribution in [3.8, 4) is 23.0 Å². The molecule has 2 rings (SSSR count). The van der Waals surface area contributed by atoms with Crippen molar-refractivity contribution in [2.24, 2.45) is 11.5 Å². The van der Waals surface area contributed by atoms with Crippen LogP contribution in [0, 0.1) is 6.92 Å². The largest absolute Gasteiger partial charge is 0.497 e. The molecule has 0 aliphatic carbocycles. The summed E-state index contributed by atoms with van der Waals surface area (Å²) in [5.74, 6) is 4.13. The summed E-state index contributed by atoms with van der Waals surface area (Å²) < 4.78 is 20.7. The molecule has 0 amide bonds. The zero-order chi connectivity index (χ0) is 22.0. The number of ether oxygens (including phenoxy) is 4. The highest BCUT2D eigenvalue weighted by atomic mass is 32.1. The molecule has 4 N–H and O–H groups in total. The second-order valence-corrected chi connectivity index (χ2v) is 6.98. The number of nitrogens with two attached hydrogens (primary N) is 2. The third kappa shape index (κ3) is 6.92. The van der Waals surface area contributed by atoms with E-state index in [0.717, 1.165) is 33.9 Å². The summed E-state index contributed by atoms with van der Waals surface area (Å²) in [6, 6.07) is 9.23. The number of hydrogen-bond acceptors (Lipinski definition) is 8. The molecule has 0 aliphatic heterocycles. The van der Waals surface area contributed by atoms with Gasteiger partial charge in [-0.15, -0.1) is 0 Å². The summed E-state index contributed by atoms with van der Waals surface area (Å²) >= 11 is 8.34. The molecule has 0 aromatic heterocycles. The van der Waals surface area contributed by atoms with Crippen LogP contribution < -0.4 is 30.4 Å². The second-order valence-electron chi connectivity index (χ2n) is 6.25. The van der Waals surface area contributed by atoms with Crippen LogP contribution in [0.4, 0.5) is 0 Å². The van der Waals surface area contributed by atoms with E-state index < -0.39 is 0 Å². The topological polar surface area (TPSA) is 89.0 Å². The lowest BCUT2D eigenvalue weighted by atomic mass is 10.0. The zero-order valence-electron chi connectivity index (χ0n) is 17.6. The molecule has 0 spiro atoms. The van der Waals surface area contributed by atoms with E-state index in [2.05, 4.69) is 25.3 Å². The van der Waals surface area contributed by atoms with Gasteiger partial charge in [-0.2, -0.15) is 25.3 Å². The Morgan fingerprint density at radius 3 is 1.72 bits per heavy atom. The maximum absolute atomic E-state index is 5.94. The summed E-state index contributed by atoms with van der Waals surface area (Å²) in [5.41, 5.74) is 14.9. The molecule has 0 fully saturated rings. The molecule has 0 radical (unpaired) electrons. The van der Waals surface area contributed by atoms with E-state index in [0.29, 0.717) is 17.3 Å². The van der Waals surface area contributed by atoms with Crippen molar-refractivity contribution in [3.63, 3.8) is 0 Å². The average Bonchev–Trinajstić information content (AvgIpc) is 2.77. The first-order chi connectivity index (χ1) is 13.9. The first-order valence-corrected chi connectivity index (χ1v) is 10.3. The maximum atomic E-state index is 5.94. The van der Waals surface area contributed by atoms with Crippen molar-refractivity contribution >= 4 is 25.3 Å². The van der Waals surface area contributed by atoms with Gasteiger partial charge >= 0.3 is 0 Å². The molecular formula is C21H32N2O4S2. The van der Waals surface area contributed by atoms with Crippen LogP contribution in [-0.4, -0.2) is 39.9 Å². The van der Waals surface area contributed by atoms with Crippen molar-refractivity contribution in [1.82, 2.24) is 0 Å². The Hall–Kier alpha value is -1.74. The fraction of sp³-hybridized carbons (Fsp3) is 0.429. The molecule has 0 bridgehead atoms. The van der Waals surface area contributed by atoms with Gasteiger partial charge in [0.2, 0.25) is 0 Å².